The van der Waals surface area contributed by atoms with Crippen LogP contribution in [0.2, 0.25) is 0 Å². The number of hydrogen-bond acceptors (Lipinski definition) is 4. The van der Waals surface area contributed by atoms with Crippen LogP contribution in [0.5, 0.6) is 0 Å². The molecule has 1 atom stereocenters. The predicted octanol–water partition coefficient (Wildman–Crippen LogP) is 2.94. The Morgan fingerprint density at radius 2 is 2.14 bits per heavy atom. The van der Waals surface area contributed by atoms with Gasteiger partial charge in [-0.1, -0.05) is 25.1 Å². The molecule has 0 aliphatic rings. The van der Waals surface area contributed by atoms with Gasteiger partial charge in [0.25, 0.3) is 0 Å². The third-order valence-corrected chi connectivity index (χ3v) is 5.02. The molecule has 0 bridgehead atoms. The Labute approximate surface area is 128 Å². The molecule has 0 saturated carbocycles. The standard InChI is InChI=1S/C16H20N4S/c1-3-12-9-13(20(2)19-12)10-14(18-17)16-8-11-6-4-5-7-15(11)21-16/h4-9,14,18H,3,10,17H2,1-2H3. The number of hydrazine groups is 1. The first kappa shape index (κ1) is 14.3. The fourth-order valence-electron chi connectivity index (χ4n) is 2.56. The lowest BCUT2D eigenvalue weighted by atomic mass is 10.1. The highest BCUT2D eigenvalue weighted by Crippen LogP contribution is 2.31. The van der Waals surface area contributed by atoms with Crippen LogP contribution in [0.25, 0.3) is 10.1 Å². The molecule has 5 heteroatoms. The van der Waals surface area contributed by atoms with E-state index in [1.54, 1.807) is 11.3 Å². The van der Waals surface area contributed by atoms with E-state index in [-0.39, 0.29) is 6.04 Å². The number of thiophene rings is 1. The number of nitrogens with two attached hydrogens (primary N) is 1. The van der Waals surface area contributed by atoms with Gasteiger partial charge in [-0.05, 0) is 30.0 Å². The molecule has 0 spiro atoms. The summed E-state index contributed by atoms with van der Waals surface area (Å²) in [4.78, 5) is 1.26. The summed E-state index contributed by atoms with van der Waals surface area (Å²) in [5.74, 6) is 5.79. The summed E-state index contributed by atoms with van der Waals surface area (Å²) in [5.41, 5.74) is 5.28. The normalized spacial score (nSPS) is 12.9. The average molecular weight is 300 g/mol. The highest BCUT2D eigenvalue weighted by atomic mass is 32.1. The maximum Gasteiger partial charge on any atom is 0.0624 e. The van der Waals surface area contributed by atoms with Gasteiger partial charge in [0.15, 0.2) is 0 Å². The lowest BCUT2D eigenvalue weighted by Gasteiger charge is -2.14. The highest BCUT2D eigenvalue weighted by molar-refractivity contribution is 7.19. The Hall–Kier alpha value is -1.69. The molecule has 0 saturated heterocycles. The van der Waals surface area contributed by atoms with Crippen molar-refractivity contribution in [3.05, 3.63) is 52.7 Å². The zero-order chi connectivity index (χ0) is 14.8. The van der Waals surface area contributed by atoms with Gasteiger partial charge in [-0.15, -0.1) is 11.3 Å². The summed E-state index contributed by atoms with van der Waals surface area (Å²) in [5, 5.41) is 5.78. The minimum absolute atomic E-state index is 0.113. The van der Waals surface area contributed by atoms with Crippen LogP contribution in [0, 0.1) is 0 Å². The first-order chi connectivity index (χ1) is 10.2. The number of rotatable bonds is 5. The minimum atomic E-state index is 0.113. The lowest BCUT2D eigenvalue weighted by molar-refractivity contribution is 0.537. The van der Waals surface area contributed by atoms with Crippen LogP contribution in [0.15, 0.2) is 36.4 Å². The van der Waals surface area contributed by atoms with Crippen molar-refractivity contribution in [2.45, 2.75) is 25.8 Å². The fraction of sp³-hybridized carbons (Fsp3) is 0.312. The van der Waals surface area contributed by atoms with Crippen LogP contribution in [-0.2, 0) is 19.9 Å². The SMILES string of the molecule is CCc1cc(CC(NN)c2cc3ccccc3s2)n(C)n1. The Bertz CT molecular complexity index is 711. The lowest BCUT2D eigenvalue weighted by Crippen LogP contribution is -2.29. The maximum atomic E-state index is 5.79. The van der Waals surface area contributed by atoms with Gasteiger partial charge in [0, 0.05) is 28.7 Å². The van der Waals surface area contributed by atoms with Gasteiger partial charge in [0.1, 0.15) is 0 Å². The van der Waals surface area contributed by atoms with E-state index in [0.29, 0.717) is 0 Å². The molecule has 110 valence electrons. The van der Waals surface area contributed by atoms with Gasteiger partial charge in [0.05, 0.1) is 11.7 Å². The molecule has 0 radical (unpaired) electrons. The van der Waals surface area contributed by atoms with Gasteiger partial charge >= 0.3 is 0 Å². The van der Waals surface area contributed by atoms with Crippen molar-refractivity contribution in [3.63, 3.8) is 0 Å². The number of nitrogens with zero attached hydrogens (tertiary/aromatic N) is 2. The number of nitrogens with one attached hydrogen (secondary N) is 1. The molecule has 3 N–H and O–H groups in total. The molecule has 0 aliphatic carbocycles. The van der Waals surface area contributed by atoms with Gasteiger partial charge in [-0.3, -0.25) is 16.0 Å². The highest BCUT2D eigenvalue weighted by Gasteiger charge is 2.16. The Morgan fingerprint density at radius 3 is 2.81 bits per heavy atom. The first-order valence-corrected chi connectivity index (χ1v) is 7.99. The average Bonchev–Trinajstić information content (AvgIpc) is 3.07. The molecule has 2 aromatic heterocycles. The van der Waals surface area contributed by atoms with Crippen LogP contribution < -0.4 is 11.3 Å². The van der Waals surface area contributed by atoms with Crippen molar-refractivity contribution in [3.8, 4) is 0 Å². The molecule has 2 heterocycles. The summed E-state index contributed by atoms with van der Waals surface area (Å²) in [6.07, 6.45) is 1.80. The van der Waals surface area contributed by atoms with Crippen LogP contribution in [-0.4, -0.2) is 9.78 Å². The number of aromatic nitrogens is 2. The molecular weight excluding hydrogens is 280 g/mol. The van der Waals surface area contributed by atoms with Crippen molar-refractivity contribution in [2.75, 3.05) is 0 Å². The van der Waals surface area contributed by atoms with Crippen LogP contribution in [0.1, 0.15) is 29.2 Å². The number of hydrogen-bond donors (Lipinski definition) is 2. The van der Waals surface area contributed by atoms with Crippen molar-refractivity contribution in [1.29, 1.82) is 0 Å². The third kappa shape index (κ3) is 2.85. The van der Waals surface area contributed by atoms with Gasteiger partial charge in [-0.2, -0.15) is 5.10 Å². The predicted molar refractivity (Wildman–Crippen MR) is 88.2 cm³/mol. The molecule has 0 amide bonds. The zero-order valence-corrected chi connectivity index (χ0v) is 13.2. The Morgan fingerprint density at radius 1 is 1.33 bits per heavy atom. The molecular formula is C16H20N4S. The van der Waals surface area contributed by atoms with Crippen molar-refractivity contribution < 1.29 is 0 Å². The number of fused-ring (bicyclic) bond motifs is 1. The molecule has 3 rings (SSSR count). The third-order valence-electron chi connectivity index (χ3n) is 3.79. The van der Waals surface area contributed by atoms with Crippen LogP contribution in [0.3, 0.4) is 0 Å². The Balaban J connectivity index is 1.88. The maximum absolute atomic E-state index is 5.79. The van der Waals surface area contributed by atoms with Crippen molar-refractivity contribution in [1.82, 2.24) is 15.2 Å². The van der Waals surface area contributed by atoms with E-state index < -0.39 is 0 Å². The summed E-state index contributed by atoms with van der Waals surface area (Å²) >= 11 is 1.80. The molecule has 1 unspecified atom stereocenters. The summed E-state index contributed by atoms with van der Waals surface area (Å²) < 4.78 is 3.25. The molecule has 4 nitrogen and oxygen atoms in total. The van der Waals surface area contributed by atoms with E-state index >= 15 is 0 Å². The minimum Gasteiger partial charge on any atom is -0.272 e. The van der Waals surface area contributed by atoms with E-state index in [0.717, 1.165) is 18.5 Å². The molecule has 3 aromatic rings. The number of aryl methyl sites for hydroxylation is 2. The largest absolute Gasteiger partial charge is 0.272 e. The van der Waals surface area contributed by atoms with E-state index in [1.807, 2.05) is 11.7 Å². The van der Waals surface area contributed by atoms with Crippen molar-refractivity contribution >= 4 is 21.4 Å². The summed E-state index contributed by atoms with van der Waals surface area (Å²) in [7, 11) is 1.99. The smallest absolute Gasteiger partial charge is 0.0624 e. The Kier molecular flexibility index (Phi) is 4.05. The number of benzene rings is 1. The molecule has 0 fully saturated rings. The second kappa shape index (κ2) is 5.97. The van der Waals surface area contributed by atoms with Gasteiger partial charge < -0.3 is 0 Å². The topological polar surface area (TPSA) is 55.9 Å². The monoisotopic (exact) mass is 300 g/mol. The second-order valence-corrected chi connectivity index (χ2v) is 6.33. The molecule has 0 aliphatic heterocycles. The molecule has 21 heavy (non-hydrogen) atoms. The van der Waals surface area contributed by atoms with E-state index in [9.17, 15) is 0 Å². The summed E-state index contributed by atoms with van der Waals surface area (Å²) in [6.45, 7) is 2.12. The second-order valence-electron chi connectivity index (χ2n) is 5.21. The van der Waals surface area contributed by atoms with Crippen molar-refractivity contribution in [2.24, 2.45) is 12.9 Å². The molecule has 1 aromatic carbocycles. The fourth-order valence-corrected chi connectivity index (χ4v) is 3.69. The van der Waals surface area contributed by atoms with Gasteiger partial charge in [-0.25, -0.2) is 0 Å². The quantitative estimate of drug-likeness (QED) is 0.562. The van der Waals surface area contributed by atoms with E-state index in [4.69, 9.17) is 5.84 Å². The van der Waals surface area contributed by atoms with E-state index in [1.165, 1.54) is 20.7 Å². The summed E-state index contributed by atoms with van der Waals surface area (Å²) in [6, 6.07) is 12.9. The van der Waals surface area contributed by atoms with Gasteiger partial charge in [0.2, 0.25) is 0 Å². The first-order valence-electron chi connectivity index (χ1n) is 7.17. The van der Waals surface area contributed by atoms with Crippen LogP contribution >= 0.6 is 11.3 Å². The van der Waals surface area contributed by atoms with Crippen LogP contribution in [0.4, 0.5) is 0 Å². The van der Waals surface area contributed by atoms with E-state index in [2.05, 4.69) is 53.8 Å². The zero-order valence-electron chi connectivity index (χ0n) is 12.3.